The van der Waals surface area contributed by atoms with Gasteiger partial charge in [-0.3, -0.25) is 4.39 Å². The fourth-order valence-corrected chi connectivity index (χ4v) is 0.734. The predicted molar refractivity (Wildman–Crippen MR) is 39.7 cm³/mol. The number of carbonyl (C=O) groups is 1. The summed E-state index contributed by atoms with van der Waals surface area (Å²) in [7, 11) is 0. The molecule has 0 aliphatic heterocycles. The summed E-state index contributed by atoms with van der Waals surface area (Å²) in [6.07, 6.45) is 3.12. The third kappa shape index (κ3) is 4.48. The number of rotatable bonds is 5. The first-order valence-electron chi connectivity index (χ1n) is 3.65. The van der Waals surface area contributed by atoms with Gasteiger partial charge < -0.3 is 4.79 Å². The average Bonchev–Trinajstić information content (AvgIpc) is 1.89. The van der Waals surface area contributed by atoms with Gasteiger partial charge in [0.15, 0.2) is 0 Å². The summed E-state index contributed by atoms with van der Waals surface area (Å²) < 4.78 is 11.6. The number of halogens is 1. The topological polar surface area (TPSA) is 17.1 Å². The highest BCUT2D eigenvalue weighted by Gasteiger charge is 2.14. The van der Waals surface area contributed by atoms with Crippen LogP contribution >= 0.6 is 0 Å². The summed E-state index contributed by atoms with van der Waals surface area (Å²) in [5.74, 6) is 0. The molecule has 2 heteroatoms. The van der Waals surface area contributed by atoms with Crippen LogP contribution in [0.2, 0.25) is 0 Å². The molecular formula is C8H15FO. The van der Waals surface area contributed by atoms with Crippen LogP contribution in [0, 0.1) is 5.41 Å². The van der Waals surface area contributed by atoms with Crippen molar-refractivity contribution in [2.45, 2.75) is 33.1 Å². The molecule has 0 aromatic heterocycles. The molecule has 0 spiro atoms. The van der Waals surface area contributed by atoms with E-state index in [0.29, 0.717) is 6.42 Å². The number of aldehydes is 1. The van der Waals surface area contributed by atoms with E-state index in [2.05, 4.69) is 0 Å². The van der Waals surface area contributed by atoms with Gasteiger partial charge in [0.25, 0.3) is 0 Å². The van der Waals surface area contributed by atoms with Gasteiger partial charge in [0, 0.05) is 5.41 Å². The Morgan fingerprint density at radius 3 is 2.40 bits per heavy atom. The standard InChI is InChI=1S/C8H15FO/c1-8(2,7-10)5-3-4-6-9/h7H,3-6H2,1-2H3. The lowest BCUT2D eigenvalue weighted by Gasteiger charge is -2.14. The van der Waals surface area contributed by atoms with Crippen LogP contribution < -0.4 is 0 Å². The predicted octanol–water partition coefficient (Wildman–Crippen LogP) is 2.35. The summed E-state index contributed by atoms with van der Waals surface area (Å²) in [5, 5.41) is 0. The molecule has 0 aliphatic carbocycles. The van der Waals surface area contributed by atoms with E-state index in [0.717, 1.165) is 19.1 Å². The highest BCUT2D eigenvalue weighted by Crippen LogP contribution is 2.19. The first kappa shape index (κ1) is 9.60. The molecule has 0 saturated heterocycles. The Morgan fingerprint density at radius 1 is 1.40 bits per heavy atom. The maximum atomic E-state index is 11.6. The van der Waals surface area contributed by atoms with E-state index in [1.807, 2.05) is 13.8 Å². The Kier molecular flexibility index (Phi) is 4.24. The zero-order chi connectivity index (χ0) is 8.04. The van der Waals surface area contributed by atoms with Crippen molar-refractivity contribution >= 4 is 6.29 Å². The Labute approximate surface area is 61.6 Å². The zero-order valence-electron chi connectivity index (χ0n) is 6.69. The maximum Gasteiger partial charge on any atom is 0.125 e. The quantitative estimate of drug-likeness (QED) is 0.430. The monoisotopic (exact) mass is 146 g/mol. The number of unbranched alkanes of at least 4 members (excludes halogenated alkanes) is 1. The minimum Gasteiger partial charge on any atom is -0.303 e. The number of carbonyl (C=O) groups excluding carboxylic acids is 1. The highest BCUT2D eigenvalue weighted by atomic mass is 19.1. The Balaban J connectivity index is 3.37. The summed E-state index contributed by atoms with van der Waals surface area (Å²) in [6, 6.07) is 0. The van der Waals surface area contributed by atoms with Gasteiger partial charge in [0.1, 0.15) is 6.29 Å². The molecule has 0 aromatic carbocycles. The van der Waals surface area contributed by atoms with Crippen LogP contribution in [0.4, 0.5) is 4.39 Å². The largest absolute Gasteiger partial charge is 0.303 e. The third-order valence-electron chi connectivity index (χ3n) is 1.52. The van der Waals surface area contributed by atoms with Gasteiger partial charge in [0.05, 0.1) is 6.67 Å². The molecule has 0 amide bonds. The lowest BCUT2D eigenvalue weighted by Crippen LogP contribution is -2.12. The number of alkyl halides is 1. The van der Waals surface area contributed by atoms with Gasteiger partial charge >= 0.3 is 0 Å². The van der Waals surface area contributed by atoms with Crippen LogP contribution in [0.15, 0.2) is 0 Å². The Bertz CT molecular complexity index is 99.4. The van der Waals surface area contributed by atoms with Crippen LogP contribution in [0.1, 0.15) is 33.1 Å². The second-order valence-electron chi connectivity index (χ2n) is 3.25. The third-order valence-corrected chi connectivity index (χ3v) is 1.52. The van der Waals surface area contributed by atoms with Crippen molar-refractivity contribution < 1.29 is 9.18 Å². The van der Waals surface area contributed by atoms with Crippen LogP contribution in [0.3, 0.4) is 0 Å². The molecule has 0 bridgehead atoms. The molecule has 1 nitrogen and oxygen atoms in total. The molecule has 0 N–H and O–H groups in total. The fourth-order valence-electron chi connectivity index (χ4n) is 0.734. The summed E-state index contributed by atoms with van der Waals surface area (Å²) in [5.41, 5.74) is -0.255. The SMILES string of the molecule is CC(C)(C=O)CCCCF. The van der Waals surface area contributed by atoms with Gasteiger partial charge in [0.2, 0.25) is 0 Å². The van der Waals surface area contributed by atoms with E-state index < -0.39 is 0 Å². The van der Waals surface area contributed by atoms with E-state index in [1.165, 1.54) is 0 Å². The lowest BCUT2D eigenvalue weighted by atomic mass is 9.89. The number of hydrogen-bond acceptors (Lipinski definition) is 1. The summed E-state index contributed by atoms with van der Waals surface area (Å²) >= 11 is 0. The highest BCUT2D eigenvalue weighted by molar-refractivity contribution is 5.57. The molecule has 0 atom stereocenters. The fraction of sp³-hybridized carbons (Fsp3) is 0.875. The van der Waals surface area contributed by atoms with Crippen LogP contribution in [-0.4, -0.2) is 13.0 Å². The van der Waals surface area contributed by atoms with Crippen molar-refractivity contribution in [3.8, 4) is 0 Å². The second-order valence-corrected chi connectivity index (χ2v) is 3.25. The molecule has 0 unspecified atom stereocenters. The van der Waals surface area contributed by atoms with Crippen LogP contribution in [-0.2, 0) is 4.79 Å². The molecule has 0 aliphatic rings. The van der Waals surface area contributed by atoms with Crippen molar-refractivity contribution in [1.29, 1.82) is 0 Å². The van der Waals surface area contributed by atoms with Gasteiger partial charge in [-0.25, -0.2) is 0 Å². The molecule has 0 heterocycles. The minimum absolute atomic E-state index is 0.255. The van der Waals surface area contributed by atoms with Crippen LogP contribution in [0.5, 0.6) is 0 Å². The summed E-state index contributed by atoms with van der Waals surface area (Å²) in [6.45, 7) is 3.48. The van der Waals surface area contributed by atoms with Gasteiger partial charge in [-0.05, 0) is 19.3 Å². The Hall–Kier alpha value is -0.400. The maximum absolute atomic E-state index is 11.6. The van der Waals surface area contributed by atoms with Crippen molar-refractivity contribution in [2.75, 3.05) is 6.67 Å². The minimum atomic E-state index is -0.269. The molecule has 0 rings (SSSR count). The Morgan fingerprint density at radius 2 is 2.00 bits per heavy atom. The van der Waals surface area contributed by atoms with E-state index in [9.17, 15) is 9.18 Å². The van der Waals surface area contributed by atoms with Crippen molar-refractivity contribution in [3.63, 3.8) is 0 Å². The van der Waals surface area contributed by atoms with Gasteiger partial charge in [-0.2, -0.15) is 0 Å². The molecule has 0 aromatic rings. The normalized spacial score (nSPS) is 11.5. The first-order chi connectivity index (χ1) is 4.62. The average molecular weight is 146 g/mol. The first-order valence-corrected chi connectivity index (χ1v) is 3.65. The van der Waals surface area contributed by atoms with Crippen molar-refractivity contribution in [1.82, 2.24) is 0 Å². The molecular weight excluding hydrogens is 131 g/mol. The molecule has 0 radical (unpaired) electrons. The number of hydrogen-bond donors (Lipinski definition) is 0. The zero-order valence-corrected chi connectivity index (χ0v) is 6.69. The van der Waals surface area contributed by atoms with E-state index in [1.54, 1.807) is 0 Å². The molecule has 0 saturated carbocycles. The van der Waals surface area contributed by atoms with Crippen LogP contribution in [0.25, 0.3) is 0 Å². The van der Waals surface area contributed by atoms with E-state index >= 15 is 0 Å². The van der Waals surface area contributed by atoms with Gasteiger partial charge in [-0.15, -0.1) is 0 Å². The smallest absolute Gasteiger partial charge is 0.125 e. The van der Waals surface area contributed by atoms with Crippen molar-refractivity contribution in [2.24, 2.45) is 5.41 Å². The van der Waals surface area contributed by atoms with Gasteiger partial charge in [-0.1, -0.05) is 13.8 Å². The lowest BCUT2D eigenvalue weighted by molar-refractivity contribution is -0.115. The second kappa shape index (κ2) is 4.42. The van der Waals surface area contributed by atoms with E-state index in [-0.39, 0.29) is 12.1 Å². The summed E-state index contributed by atoms with van der Waals surface area (Å²) in [4.78, 5) is 10.3. The molecule has 60 valence electrons. The van der Waals surface area contributed by atoms with E-state index in [4.69, 9.17) is 0 Å². The molecule has 0 fully saturated rings. The van der Waals surface area contributed by atoms with Crippen molar-refractivity contribution in [3.05, 3.63) is 0 Å². The molecule has 10 heavy (non-hydrogen) atoms.